The van der Waals surface area contributed by atoms with Crippen molar-refractivity contribution in [3.05, 3.63) is 65.2 Å². The molecule has 0 bridgehead atoms. The summed E-state index contributed by atoms with van der Waals surface area (Å²) in [4.78, 5) is 15.2. The molecule has 0 aliphatic carbocycles. The van der Waals surface area contributed by atoms with Gasteiger partial charge < -0.3 is 15.0 Å². The predicted molar refractivity (Wildman–Crippen MR) is 102 cm³/mol. The summed E-state index contributed by atoms with van der Waals surface area (Å²) in [5.74, 6) is 0.464. The van der Waals surface area contributed by atoms with Gasteiger partial charge in [-0.25, -0.2) is 0 Å². The quantitative estimate of drug-likeness (QED) is 0.869. The normalized spacial score (nSPS) is 12.8. The molecule has 0 saturated heterocycles. The minimum absolute atomic E-state index is 0.126. The molecule has 134 valence electrons. The molecular formula is C21H28N2O2. The molecule has 1 amide bonds. The number of hydrogen-bond acceptors (Lipinski definition) is 3. The number of nitrogens with one attached hydrogen (secondary N) is 1. The molecule has 4 nitrogen and oxygen atoms in total. The van der Waals surface area contributed by atoms with Crippen molar-refractivity contribution in [1.82, 2.24) is 10.2 Å². The van der Waals surface area contributed by atoms with Gasteiger partial charge in [0.25, 0.3) is 5.91 Å². The van der Waals surface area contributed by atoms with E-state index in [1.165, 1.54) is 0 Å². The first-order valence-corrected chi connectivity index (χ1v) is 8.46. The van der Waals surface area contributed by atoms with Gasteiger partial charge in [0.15, 0.2) is 0 Å². The van der Waals surface area contributed by atoms with E-state index in [0.717, 1.165) is 11.1 Å². The third-order valence-corrected chi connectivity index (χ3v) is 4.95. The van der Waals surface area contributed by atoms with Crippen molar-refractivity contribution in [1.29, 1.82) is 0 Å². The van der Waals surface area contributed by atoms with Gasteiger partial charge in [-0.1, -0.05) is 42.5 Å². The highest BCUT2D eigenvalue weighted by atomic mass is 16.5. The molecule has 25 heavy (non-hydrogen) atoms. The van der Waals surface area contributed by atoms with Gasteiger partial charge in [0.1, 0.15) is 5.75 Å². The Hall–Kier alpha value is -2.33. The third kappa shape index (κ3) is 4.02. The van der Waals surface area contributed by atoms with Crippen LogP contribution in [0.1, 0.15) is 41.4 Å². The number of methoxy groups -OCH3 is 1. The Kier molecular flexibility index (Phi) is 5.85. The second-order valence-electron chi connectivity index (χ2n) is 7.02. The number of benzene rings is 2. The van der Waals surface area contributed by atoms with Crippen molar-refractivity contribution in [2.24, 2.45) is 0 Å². The van der Waals surface area contributed by atoms with Gasteiger partial charge in [0, 0.05) is 5.54 Å². The van der Waals surface area contributed by atoms with Crippen LogP contribution in [0, 0.1) is 6.92 Å². The van der Waals surface area contributed by atoms with Crippen LogP contribution >= 0.6 is 0 Å². The largest absolute Gasteiger partial charge is 0.496 e. The van der Waals surface area contributed by atoms with Crippen LogP contribution in [0.2, 0.25) is 0 Å². The highest BCUT2D eigenvalue weighted by Gasteiger charge is 2.34. The average molecular weight is 340 g/mol. The maximum atomic E-state index is 13.1. The van der Waals surface area contributed by atoms with E-state index >= 15 is 0 Å². The fourth-order valence-electron chi connectivity index (χ4n) is 2.88. The third-order valence-electron chi connectivity index (χ3n) is 4.95. The molecule has 1 N–H and O–H groups in total. The summed E-state index contributed by atoms with van der Waals surface area (Å²) >= 11 is 0. The first-order valence-electron chi connectivity index (χ1n) is 8.46. The summed E-state index contributed by atoms with van der Waals surface area (Å²) in [5.41, 5.74) is 2.28. The Morgan fingerprint density at radius 2 is 1.72 bits per heavy atom. The van der Waals surface area contributed by atoms with E-state index in [2.05, 4.69) is 24.1 Å². The molecule has 0 saturated carbocycles. The minimum Gasteiger partial charge on any atom is -0.496 e. The summed E-state index contributed by atoms with van der Waals surface area (Å²) in [5, 5.41) is 3.23. The predicted octanol–water partition coefficient (Wildman–Crippen LogP) is 3.81. The number of aryl methyl sites for hydroxylation is 1. The fourth-order valence-corrected chi connectivity index (χ4v) is 2.88. The second-order valence-corrected chi connectivity index (χ2v) is 7.02. The van der Waals surface area contributed by atoms with Crippen LogP contribution in [0.25, 0.3) is 0 Å². The highest BCUT2D eigenvalue weighted by molar-refractivity contribution is 5.98. The molecule has 1 unspecified atom stereocenters. The van der Waals surface area contributed by atoms with Crippen molar-refractivity contribution in [2.45, 2.75) is 32.4 Å². The van der Waals surface area contributed by atoms with Crippen LogP contribution in [0.5, 0.6) is 5.75 Å². The molecule has 2 aromatic carbocycles. The highest BCUT2D eigenvalue weighted by Crippen LogP contribution is 2.31. The topological polar surface area (TPSA) is 41.6 Å². The van der Waals surface area contributed by atoms with Gasteiger partial charge in [0.2, 0.25) is 0 Å². The molecule has 2 aromatic rings. The van der Waals surface area contributed by atoms with Crippen molar-refractivity contribution in [3.8, 4) is 5.75 Å². The van der Waals surface area contributed by atoms with Gasteiger partial charge in [-0.2, -0.15) is 0 Å². The molecule has 0 spiro atoms. The van der Waals surface area contributed by atoms with Crippen LogP contribution < -0.4 is 10.1 Å². The number of carbonyl (C=O) groups excluding carboxylic acids is 1. The van der Waals surface area contributed by atoms with E-state index in [4.69, 9.17) is 4.74 Å². The van der Waals surface area contributed by atoms with E-state index in [0.29, 0.717) is 11.3 Å². The summed E-state index contributed by atoms with van der Waals surface area (Å²) in [7, 11) is 5.64. The number of rotatable bonds is 6. The fraction of sp³-hybridized carbons (Fsp3) is 0.381. The molecule has 0 radical (unpaired) electrons. The standard InChI is InChI=1S/C21H28N2O2/c1-15-11-10-14-17(25-6)18(15)20(24)22-19(21(2,3)23(4)5)16-12-8-7-9-13-16/h7-14,19H,1-6H3,(H,22,24). The molecule has 2 rings (SSSR count). The zero-order chi connectivity index (χ0) is 18.6. The lowest BCUT2D eigenvalue weighted by atomic mass is 9.87. The number of nitrogens with zero attached hydrogens (tertiary/aromatic N) is 1. The molecule has 0 aliphatic rings. The number of ether oxygens (including phenoxy) is 1. The van der Waals surface area contributed by atoms with Crippen molar-refractivity contribution >= 4 is 5.91 Å². The molecule has 1 atom stereocenters. The average Bonchev–Trinajstić information content (AvgIpc) is 2.59. The number of carbonyl (C=O) groups is 1. The van der Waals surface area contributed by atoms with Crippen LogP contribution in [-0.2, 0) is 0 Å². The van der Waals surface area contributed by atoms with Crippen LogP contribution in [0.3, 0.4) is 0 Å². The summed E-state index contributed by atoms with van der Waals surface area (Å²) in [6.07, 6.45) is 0. The van der Waals surface area contributed by atoms with Crippen LogP contribution in [0.4, 0.5) is 0 Å². The Morgan fingerprint density at radius 3 is 2.28 bits per heavy atom. The first kappa shape index (κ1) is 19.0. The molecule has 0 aliphatic heterocycles. The van der Waals surface area contributed by atoms with Crippen LogP contribution in [0.15, 0.2) is 48.5 Å². The summed E-state index contributed by atoms with van der Waals surface area (Å²) in [6, 6.07) is 15.5. The van der Waals surface area contributed by atoms with E-state index in [-0.39, 0.29) is 17.5 Å². The Labute approximate surface area is 150 Å². The lowest BCUT2D eigenvalue weighted by molar-refractivity contribution is 0.0837. The zero-order valence-corrected chi connectivity index (χ0v) is 16.0. The van der Waals surface area contributed by atoms with Gasteiger partial charge >= 0.3 is 0 Å². The van der Waals surface area contributed by atoms with Gasteiger partial charge in [-0.3, -0.25) is 4.79 Å². The number of likely N-dealkylation sites (N-methyl/N-ethyl adjacent to an activating group) is 1. The maximum absolute atomic E-state index is 13.1. The van der Waals surface area contributed by atoms with Gasteiger partial charge in [-0.15, -0.1) is 0 Å². The van der Waals surface area contributed by atoms with Gasteiger partial charge in [-0.05, 0) is 52.1 Å². The zero-order valence-electron chi connectivity index (χ0n) is 16.0. The lowest BCUT2D eigenvalue weighted by Gasteiger charge is -2.41. The molecule has 0 fully saturated rings. The van der Waals surface area contributed by atoms with Crippen LogP contribution in [-0.4, -0.2) is 37.6 Å². The molecule has 0 aromatic heterocycles. The number of amides is 1. The molecule has 0 heterocycles. The van der Waals surface area contributed by atoms with E-state index in [1.807, 2.05) is 69.6 Å². The SMILES string of the molecule is COc1cccc(C)c1C(=O)NC(c1ccccc1)C(C)(C)N(C)C. The smallest absolute Gasteiger partial charge is 0.255 e. The molecular weight excluding hydrogens is 312 g/mol. The summed E-state index contributed by atoms with van der Waals surface area (Å²) in [6.45, 7) is 6.17. The Balaban J connectivity index is 2.43. The lowest BCUT2D eigenvalue weighted by Crippen LogP contribution is -2.50. The van der Waals surface area contributed by atoms with E-state index < -0.39 is 0 Å². The van der Waals surface area contributed by atoms with Crippen molar-refractivity contribution in [2.75, 3.05) is 21.2 Å². The second kappa shape index (κ2) is 7.70. The molecule has 4 heteroatoms. The summed E-state index contributed by atoms with van der Waals surface area (Å²) < 4.78 is 5.40. The van der Waals surface area contributed by atoms with E-state index in [1.54, 1.807) is 7.11 Å². The number of hydrogen-bond donors (Lipinski definition) is 1. The monoisotopic (exact) mass is 340 g/mol. The van der Waals surface area contributed by atoms with E-state index in [9.17, 15) is 4.79 Å². The minimum atomic E-state index is -0.271. The van der Waals surface area contributed by atoms with Crippen molar-refractivity contribution in [3.63, 3.8) is 0 Å². The Bertz CT molecular complexity index is 724. The maximum Gasteiger partial charge on any atom is 0.255 e. The van der Waals surface area contributed by atoms with Gasteiger partial charge in [0.05, 0.1) is 18.7 Å². The van der Waals surface area contributed by atoms with Crippen molar-refractivity contribution < 1.29 is 9.53 Å². The first-order chi connectivity index (χ1) is 11.8. The Morgan fingerprint density at radius 1 is 1.08 bits per heavy atom.